The van der Waals surface area contributed by atoms with Gasteiger partial charge in [-0.15, -0.1) is 0 Å². The molecule has 4 fully saturated rings. The Kier molecular flexibility index (Phi) is 18.2. The summed E-state index contributed by atoms with van der Waals surface area (Å²) in [6.45, 7) is 11.2. The van der Waals surface area contributed by atoms with Crippen molar-refractivity contribution in [3.63, 3.8) is 0 Å². The average Bonchev–Trinajstić information content (AvgIpc) is 1.59. The fourth-order valence-electron chi connectivity index (χ4n) is 15.1. The van der Waals surface area contributed by atoms with Crippen molar-refractivity contribution in [2.75, 3.05) is 40.4 Å². The number of nitrogens with zero attached hydrogens (tertiary/aromatic N) is 8. The zero-order valence-corrected chi connectivity index (χ0v) is 55.6. The van der Waals surface area contributed by atoms with Crippen LogP contribution in [0.1, 0.15) is 140 Å². The number of benzene rings is 4. The van der Waals surface area contributed by atoms with Crippen LogP contribution in [-0.4, -0.2) is 129 Å². The third-order valence-electron chi connectivity index (χ3n) is 20.4. The summed E-state index contributed by atoms with van der Waals surface area (Å²) < 4.78 is 58.3. The molecule has 99 heavy (non-hydrogen) atoms. The molecule has 6 atom stereocenters. The van der Waals surface area contributed by atoms with Gasteiger partial charge in [-0.2, -0.15) is 0 Å². The van der Waals surface area contributed by atoms with Crippen LogP contribution in [0.25, 0.3) is 89.4 Å². The molecule has 0 radical (unpaired) electrons. The minimum atomic E-state index is -0.734. The maximum Gasteiger partial charge on any atom is 0.407 e. The Morgan fingerprint density at radius 3 is 1.41 bits per heavy atom. The van der Waals surface area contributed by atoms with Crippen molar-refractivity contribution in [3.8, 4) is 79.0 Å². The second-order valence-electron chi connectivity index (χ2n) is 27.0. The number of fused-ring (bicyclic) bond motifs is 10. The molecule has 0 spiro atoms. The molecule has 516 valence electrons. The van der Waals surface area contributed by atoms with E-state index in [4.69, 9.17) is 18.9 Å². The molecule has 3 amide bonds. The van der Waals surface area contributed by atoms with Gasteiger partial charge in [0.05, 0.1) is 121 Å². The molecule has 0 saturated carbocycles. The number of hydrogen-bond acceptors (Lipinski definition) is 14. The molecule has 6 aromatic heterocycles. The number of hydrogen-bond donors (Lipinski definition) is 7. The van der Waals surface area contributed by atoms with Crippen molar-refractivity contribution in [2.24, 2.45) is 17.8 Å². The minimum absolute atomic E-state index is 0. The second-order valence-corrected chi connectivity index (χ2v) is 27.0. The summed E-state index contributed by atoms with van der Waals surface area (Å²) in [6, 6.07) is 22.3. The molecule has 4 saturated heterocycles. The van der Waals surface area contributed by atoms with Crippen molar-refractivity contribution < 1.29 is 46.9 Å². The number of amides is 3. The summed E-state index contributed by atoms with van der Waals surface area (Å²) in [7, 11) is 2.60. The maximum absolute atomic E-state index is 16.6. The molecule has 25 heteroatoms. The van der Waals surface area contributed by atoms with Crippen molar-refractivity contribution in [1.82, 2.24) is 74.8 Å². The van der Waals surface area contributed by atoms with E-state index < -0.39 is 24.0 Å². The number of esters is 1. The zero-order valence-electron chi connectivity index (χ0n) is 55.6. The van der Waals surface area contributed by atoms with Gasteiger partial charge in [-0.25, -0.2) is 33.5 Å². The number of H-pyrrole nitrogens is 4. The lowest BCUT2D eigenvalue weighted by atomic mass is 9.91. The van der Waals surface area contributed by atoms with E-state index in [0.717, 1.165) is 127 Å². The van der Waals surface area contributed by atoms with Gasteiger partial charge < -0.3 is 73.8 Å². The van der Waals surface area contributed by atoms with E-state index in [0.29, 0.717) is 75.2 Å². The van der Waals surface area contributed by atoms with E-state index in [9.17, 15) is 19.2 Å². The lowest BCUT2D eigenvalue weighted by molar-refractivity contribution is -0.148. The normalized spacial score (nSPS) is 19.0. The van der Waals surface area contributed by atoms with Crippen molar-refractivity contribution in [3.05, 3.63) is 133 Å². The van der Waals surface area contributed by atoms with Gasteiger partial charge in [-0.3, -0.25) is 14.4 Å². The van der Waals surface area contributed by atoms with Crippen LogP contribution in [-0.2, 0) is 37.3 Å². The van der Waals surface area contributed by atoms with Crippen molar-refractivity contribution in [2.45, 2.75) is 137 Å². The summed E-state index contributed by atoms with van der Waals surface area (Å²) in [6.07, 6.45) is 14.1. The summed E-state index contributed by atoms with van der Waals surface area (Å²) in [4.78, 5) is 87.2. The van der Waals surface area contributed by atoms with Crippen LogP contribution in [0, 0.1) is 29.4 Å². The third kappa shape index (κ3) is 12.3. The third-order valence-corrected chi connectivity index (χ3v) is 20.4. The quantitative estimate of drug-likeness (QED) is 0.0471. The standard InChI is InChI=1S/C44H51FN8O7.C29H28FN7O.CH4/c1-23(2)28(19-36(54)58-5)42(55)51-15-7-9-33(51)40-46-20-30(48-40)25-12-14-32-29(17-25)37(45)39-27-13-11-26(18-35(27)60-22-53(32)39)31-21-47-41(49-31)34-10-8-16-52(34)43(56)38(24(3)4)50-44(57)59-6;30-26-19-11-16(22-13-33-28(35-22)20-3-1-9-31-20)6-8-24(19)37-15-38-25-12-17(5-7-18(25)27(26)37)23-14-34-29(36-23)21-4-2-10-32-21;/h11-14,17-18,20-21,23-24,28,33-34,38H,7-10,15-16,19,22H2,1-6H3,(H,46,48)(H,47,49)(H,50,57);5-8,11-14,20-21,31-32H,1-4,9-10,15H2,(H,33,35)(H,34,36);1H4/t28-,33-,34-,38-;20-,21-;/m00./s1. The molecule has 10 aromatic rings. The van der Waals surface area contributed by atoms with Gasteiger partial charge in [0.2, 0.25) is 11.8 Å². The van der Waals surface area contributed by atoms with Gasteiger partial charge in [-0.05, 0) is 125 Å². The monoisotopic (exact) mass is 1350 g/mol. The van der Waals surface area contributed by atoms with Crippen LogP contribution < -0.4 is 25.4 Å². The molecular formula is C74H83F2N15O8. The number of carbonyl (C=O) groups is 4. The first-order valence-corrected chi connectivity index (χ1v) is 34.0. The Labute approximate surface area is 571 Å². The Hall–Kier alpha value is -10.1. The number of likely N-dealkylation sites (tertiary alicyclic amines) is 2. The molecule has 6 aliphatic heterocycles. The lowest BCUT2D eigenvalue weighted by Gasteiger charge is -2.30. The zero-order chi connectivity index (χ0) is 67.6. The fraction of sp³-hybridized carbons (Fsp3) is 0.405. The molecule has 16 rings (SSSR count). The van der Waals surface area contributed by atoms with Crippen LogP contribution in [0.5, 0.6) is 11.5 Å². The van der Waals surface area contributed by atoms with Gasteiger partial charge >= 0.3 is 12.1 Å². The number of alkyl carbamates (subject to hydrolysis) is 1. The van der Waals surface area contributed by atoms with E-state index >= 15 is 8.78 Å². The molecule has 0 unspecified atom stereocenters. The van der Waals surface area contributed by atoms with Gasteiger partial charge in [-0.1, -0.05) is 59.4 Å². The van der Waals surface area contributed by atoms with Gasteiger partial charge in [0.1, 0.15) is 40.8 Å². The highest BCUT2D eigenvalue weighted by Gasteiger charge is 2.40. The number of imidazole rings is 4. The Balaban J connectivity index is 0.000000183. The van der Waals surface area contributed by atoms with E-state index in [2.05, 4.69) is 55.8 Å². The molecule has 23 nitrogen and oxygen atoms in total. The summed E-state index contributed by atoms with van der Waals surface area (Å²) in [5.74, 6) is 2.45. The van der Waals surface area contributed by atoms with E-state index in [1.54, 1.807) is 17.3 Å². The molecule has 0 aliphatic carbocycles. The van der Waals surface area contributed by atoms with E-state index in [1.807, 2.05) is 127 Å². The highest BCUT2D eigenvalue weighted by atomic mass is 19.1. The fourth-order valence-corrected chi connectivity index (χ4v) is 15.1. The molecule has 12 heterocycles. The average molecular weight is 1350 g/mol. The number of rotatable bonds is 15. The summed E-state index contributed by atoms with van der Waals surface area (Å²) in [5.41, 5.74) is 10.6. The molecule has 4 aromatic carbocycles. The number of nitrogens with one attached hydrogen (secondary N) is 7. The van der Waals surface area contributed by atoms with E-state index in [-0.39, 0.29) is 86.8 Å². The predicted octanol–water partition coefficient (Wildman–Crippen LogP) is 13.2. The number of aromatic nitrogens is 10. The molecule has 7 N–H and O–H groups in total. The molecule has 6 aliphatic rings. The molecular weight excluding hydrogens is 1260 g/mol. The van der Waals surface area contributed by atoms with Gasteiger partial charge in [0, 0.05) is 57.2 Å². The highest BCUT2D eigenvalue weighted by Crippen LogP contribution is 2.46. The van der Waals surface area contributed by atoms with Crippen LogP contribution in [0.3, 0.4) is 0 Å². The lowest BCUT2D eigenvalue weighted by Crippen LogP contribution is -2.51. The van der Waals surface area contributed by atoms with Gasteiger partial charge in [0.25, 0.3) is 0 Å². The van der Waals surface area contributed by atoms with Crippen LogP contribution in [0.2, 0.25) is 0 Å². The minimum Gasteiger partial charge on any atom is -0.472 e. The number of aromatic amines is 4. The predicted molar refractivity (Wildman–Crippen MR) is 369 cm³/mol. The largest absolute Gasteiger partial charge is 0.472 e. The van der Waals surface area contributed by atoms with E-state index in [1.165, 1.54) is 14.2 Å². The number of ether oxygens (including phenoxy) is 4. The first-order valence-electron chi connectivity index (χ1n) is 34.0. The second kappa shape index (κ2) is 27.3. The summed E-state index contributed by atoms with van der Waals surface area (Å²) in [5, 5.41) is 10.6. The SMILES string of the molecule is C.COC(=O)C[C@H](C(=O)N1CCC[C@H]1c1ncc(-c2ccc3c(c2)c(F)c2n3COc3cc(-c4cnc([C@@H]5CCCN5C(=O)[C@@H](NC(=O)OC)C(C)C)[nH]4)ccc3-2)[nH]1)C(C)C.Fc1c2n(c3ccc(-c4cnc([C@@H]5CCCN5)[nH]4)cc13)COc1cc(-c3cnc([C@@H]4CCCN4)[nH]3)ccc1-2. The van der Waals surface area contributed by atoms with Crippen LogP contribution in [0.15, 0.2) is 97.6 Å². The van der Waals surface area contributed by atoms with Crippen LogP contribution >= 0.6 is 0 Å². The first-order chi connectivity index (χ1) is 47.6. The number of methoxy groups -OCH3 is 2. The van der Waals surface area contributed by atoms with Gasteiger partial charge in [0.15, 0.2) is 25.1 Å². The number of carbonyl (C=O) groups excluding carboxylic acids is 4. The number of halogens is 2. The summed E-state index contributed by atoms with van der Waals surface area (Å²) >= 11 is 0. The Morgan fingerprint density at radius 2 is 0.990 bits per heavy atom. The highest BCUT2D eigenvalue weighted by molar-refractivity contribution is 5.95. The molecule has 0 bridgehead atoms. The maximum atomic E-state index is 16.6. The van der Waals surface area contributed by atoms with Crippen LogP contribution in [0.4, 0.5) is 13.6 Å². The smallest absolute Gasteiger partial charge is 0.407 e. The topological polar surface area (TPSA) is 272 Å². The Morgan fingerprint density at radius 1 is 0.556 bits per heavy atom. The van der Waals surface area contributed by atoms with Crippen molar-refractivity contribution >= 4 is 45.7 Å². The van der Waals surface area contributed by atoms with Crippen molar-refractivity contribution in [1.29, 1.82) is 0 Å². The first kappa shape index (κ1) is 66.1. The Bertz CT molecular complexity index is 4700.